The number of carbonyl (C=O) groups is 1. The van der Waals surface area contributed by atoms with E-state index in [4.69, 9.17) is 0 Å². The molecule has 8 nitrogen and oxygen atoms in total. The summed E-state index contributed by atoms with van der Waals surface area (Å²) in [6.07, 6.45) is 2.26. The largest absolute Gasteiger partial charge is 0.353 e. The molecule has 3 aromatic rings. The molecule has 29 heavy (non-hydrogen) atoms. The standard InChI is InChI=1S/C21H26N6O2/c1-3-25-11-7-10-17(25)13-22-20(28)14-26-21(29)19-12-18(16-8-5-4-6-9-16)24-27(19)15(2)23-26/h4-6,8-9,12,17H,3,7,10-11,13-14H2,1-2H3,(H,22,28)/t17-/m1/s1. The summed E-state index contributed by atoms with van der Waals surface area (Å²) in [5.41, 5.74) is 1.72. The number of likely N-dealkylation sites (N-methyl/N-ethyl adjacent to an activating group) is 1. The number of aromatic nitrogens is 4. The fourth-order valence-corrected chi connectivity index (χ4v) is 4.00. The molecule has 0 radical (unpaired) electrons. The number of hydrogen-bond donors (Lipinski definition) is 1. The molecule has 2 aromatic heterocycles. The van der Waals surface area contributed by atoms with Gasteiger partial charge >= 0.3 is 0 Å². The quantitative estimate of drug-likeness (QED) is 0.684. The molecular formula is C21H26N6O2. The zero-order valence-electron chi connectivity index (χ0n) is 16.8. The average Bonchev–Trinajstić information content (AvgIpc) is 3.38. The zero-order valence-corrected chi connectivity index (χ0v) is 16.8. The Kier molecular flexibility index (Phi) is 5.44. The van der Waals surface area contributed by atoms with Crippen molar-refractivity contribution in [2.24, 2.45) is 0 Å². The number of hydrogen-bond acceptors (Lipinski definition) is 5. The molecule has 3 heterocycles. The molecule has 152 valence electrons. The van der Waals surface area contributed by atoms with Gasteiger partial charge in [-0.3, -0.25) is 14.5 Å². The molecule has 1 saturated heterocycles. The molecule has 1 fully saturated rings. The lowest BCUT2D eigenvalue weighted by Crippen LogP contribution is -2.42. The molecule has 1 aliphatic heterocycles. The second kappa shape index (κ2) is 8.16. The van der Waals surface area contributed by atoms with Gasteiger partial charge in [-0.15, -0.1) is 0 Å². The summed E-state index contributed by atoms with van der Waals surface area (Å²) < 4.78 is 2.76. The number of nitrogens with zero attached hydrogens (tertiary/aromatic N) is 5. The van der Waals surface area contributed by atoms with Crippen LogP contribution in [0.4, 0.5) is 0 Å². The summed E-state index contributed by atoms with van der Waals surface area (Å²) in [6.45, 7) is 6.49. The first-order valence-electron chi connectivity index (χ1n) is 10.1. The molecule has 0 bridgehead atoms. The Labute approximate surface area is 169 Å². The van der Waals surface area contributed by atoms with Crippen molar-refractivity contribution in [2.75, 3.05) is 19.6 Å². The van der Waals surface area contributed by atoms with E-state index in [1.165, 1.54) is 9.20 Å². The highest BCUT2D eigenvalue weighted by Crippen LogP contribution is 2.18. The summed E-state index contributed by atoms with van der Waals surface area (Å²) in [4.78, 5) is 27.7. The highest BCUT2D eigenvalue weighted by atomic mass is 16.2. The third-order valence-corrected chi connectivity index (χ3v) is 5.54. The Balaban J connectivity index is 1.52. The van der Waals surface area contributed by atoms with Crippen LogP contribution in [0, 0.1) is 6.92 Å². The summed E-state index contributed by atoms with van der Waals surface area (Å²) in [5, 5.41) is 11.8. The van der Waals surface area contributed by atoms with Gasteiger partial charge in [0.05, 0.1) is 5.69 Å². The number of carbonyl (C=O) groups excluding carboxylic acids is 1. The second-order valence-corrected chi connectivity index (χ2v) is 7.43. The summed E-state index contributed by atoms with van der Waals surface area (Å²) >= 11 is 0. The number of nitrogens with one attached hydrogen (secondary N) is 1. The molecule has 1 N–H and O–H groups in total. The first kappa shape index (κ1) is 19.3. The lowest BCUT2D eigenvalue weighted by atomic mass is 10.1. The maximum atomic E-state index is 12.9. The predicted molar refractivity (Wildman–Crippen MR) is 111 cm³/mol. The number of benzene rings is 1. The molecule has 4 rings (SSSR count). The van der Waals surface area contributed by atoms with E-state index in [9.17, 15) is 9.59 Å². The van der Waals surface area contributed by atoms with Crippen LogP contribution in [0.3, 0.4) is 0 Å². The molecule has 1 amide bonds. The van der Waals surface area contributed by atoms with Crippen molar-refractivity contribution >= 4 is 11.4 Å². The van der Waals surface area contributed by atoms with E-state index in [1.54, 1.807) is 13.0 Å². The maximum Gasteiger partial charge on any atom is 0.293 e. The van der Waals surface area contributed by atoms with Crippen LogP contribution in [0.25, 0.3) is 16.8 Å². The SMILES string of the molecule is CCN1CCC[C@@H]1CNC(=O)Cn1nc(C)n2nc(-c3ccccc3)cc2c1=O. The third-order valence-electron chi connectivity index (χ3n) is 5.54. The molecule has 0 unspecified atom stereocenters. The van der Waals surface area contributed by atoms with Crippen LogP contribution < -0.4 is 10.9 Å². The number of amides is 1. The smallest absolute Gasteiger partial charge is 0.293 e. The Morgan fingerprint density at radius 3 is 2.79 bits per heavy atom. The number of aryl methyl sites for hydroxylation is 1. The van der Waals surface area contributed by atoms with Crippen LogP contribution in [0.5, 0.6) is 0 Å². The van der Waals surface area contributed by atoms with E-state index in [1.807, 2.05) is 30.3 Å². The van der Waals surface area contributed by atoms with Gasteiger partial charge in [0, 0.05) is 18.2 Å². The van der Waals surface area contributed by atoms with E-state index in [-0.39, 0.29) is 18.0 Å². The van der Waals surface area contributed by atoms with Crippen molar-refractivity contribution in [3.8, 4) is 11.3 Å². The van der Waals surface area contributed by atoms with Crippen molar-refractivity contribution in [2.45, 2.75) is 39.3 Å². The van der Waals surface area contributed by atoms with Crippen molar-refractivity contribution in [3.63, 3.8) is 0 Å². The molecule has 0 spiro atoms. The third kappa shape index (κ3) is 3.93. The summed E-state index contributed by atoms with van der Waals surface area (Å²) in [6, 6.07) is 11.8. The molecule has 0 saturated carbocycles. The van der Waals surface area contributed by atoms with Gasteiger partial charge in [0.1, 0.15) is 17.9 Å². The van der Waals surface area contributed by atoms with Gasteiger partial charge in [0.2, 0.25) is 5.91 Å². The van der Waals surface area contributed by atoms with E-state index in [0.717, 1.165) is 31.5 Å². The van der Waals surface area contributed by atoms with Gasteiger partial charge in [0.25, 0.3) is 5.56 Å². The van der Waals surface area contributed by atoms with E-state index >= 15 is 0 Å². The average molecular weight is 394 g/mol. The van der Waals surface area contributed by atoms with Crippen LogP contribution in [0.2, 0.25) is 0 Å². The van der Waals surface area contributed by atoms with Crippen molar-refractivity contribution in [1.82, 2.24) is 29.6 Å². The van der Waals surface area contributed by atoms with Crippen LogP contribution in [-0.2, 0) is 11.3 Å². The molecule has 1 aliphatic rings. The van der Waals surface area contributed by atoms with Crippen LogP contribution in [-0.4, -0.2) is 55.9 Å². The van der Waals surface area contributed by atoms with Gasteiger partial charge in [-0.25, -0.2) is 9.20 Å². The van der Waals surface area contributed by atoms with E-state index in [2.05, 4.69) is 27.3 Å². The second-order valence-electron chi connectivity index (χ2n) is 7.43. The van der Waals surface area contributed by atoms with Gasteiger partial charge in [-0.2, -0.15) is 10.2 Å². The number of rotatable bonds is 6. The van der Waals surface area contributed by atoms with Gasteiger partial charge in [-0.1, -0.05) is 37.3 Å². The highest BCUT2D eigenvalue weighted by molar-refractivity contribution is 5.75. The topological polar surface area (TPSA) is 84.5 Å². The number of fused-ring (bicyclic) bond motifs is 1. The predicted octanol–water partition coefficient (Wildman–Crippen LogP) is 1.47. The van der Waals surface area contributed by atoms with Crippen molar-refractivity contribution in [1.29, 1.82) is 0 Å². The minimum Gasteiger partial charge on any atom is -0.353 e. The Hall–Kier alpha value is -3.00. The highest BCUT2D eigenvalue weighted by Gasteiger charge is 2.23. The summed E-state index contributed by atoms with van der Waals surface area (Å²) in [5.74, 6) is 0.358. The molecule has 0 aliphatic carbocycles. The molecule has 1 aromatic carbocycles. The van der Waals surface area contributed by atoms with E-state index in [0.29, 0.717) is 29.6 Å². The first-order chi connectivity index (χ1) is 14.1. The van der Waals surface area contributed by atoms with Crippen molar-refractivity contribution < 1.29 is 4.79 Å². The fourth-order valence-electron chi connectivity index (χ4n) is 4.00. The van der Waals surface area contributed by atoms with Crippen LogP contribution in [0.15, 0.2) is 41.2 Å². The van der Waals surface area contributed by atoms with Crippen LogP contribution >= 0.6 is 0 Å². The van der Waals surface area contributed by atoms with E-state index < -0.39 is 0 Å². The Bertz CT molecular complexity index is 1070. The van der Waals surface area contributed by atoms with Gasteiger partial charge < -0.3 is 5.32 Å². The monoisotopic (exact) mass is 394 g/mol. The normalized spacial score (nSPS) is 17.1. The lowest BCUT2D eigenvalue weighted by Gasteiger charge is -2.22. The Morgan fingerprint density at radius 1 is 1.24 bits per heavy atom. The first-order valence-corrected chi connectivity index (χ1v) is 10.1. The minimum atomic E-state index is -0.323. The fraction of sp³-hybridized carbons (Fsp3) is 0.429. The molecular weight excluding hydrogens is 368 g/mol. The lowest BCUT2D eigenvalue weighted by molar-refractivity contribution is -0.122. The van der Waals surface area contributed by atoms with Gasteiger partial charge in [-0.05, 0) is 38.9 Å². The maximum absolute atomic E-state index is 12.9. The Morgan fingerprint density at radius 2 is 2.03 bits per heavy atom. The zero-order chi connectivity index (χ0) is 20.4. The van der Waals surface area contributed by atoms with Crippen LogP contribution in [0.1, 0.15) is 25.6 Å². The molecule has 8 heteroatoms. The number of likely N-dealkylation sites (tertiary alicyclic amines) is 1. The van der Waals surface area contributed by atoms with Gasteiger partial charge in [0.15, 0.2) is 0 Å². The minimum absolute atomic E-state index is 0.0964. The van der Waals surface area contributed by atoms with Crippen molar-refractivity contribution in [3.05, 3.63) is 52.6 Å². The summed E-state index contributed by atoms with van der Waals surface area (Å²) in [7, 11) is 0. The molecule has 1 atom stereocenters.